The normalized spacial score (nSPS) is 9.40. The molecule has 0 aromatic rings. The zero-order chi connectivity index (χ0) is 7.82. The van der Waals surface area contributed by atoms with E-state index >= 15 is 0 Å². The van der Waals surface area contributed by atoms with Gasteiger partial charge in [-0.3, -0.25) is 4.79 Å². The van der Waals surface area contributed by atoms with Crippen LogP contribution in [0.15, 0.2) is 0 Å². The fraction of sp³-hybridized carbons (Fsp3) is 0.714. The Labute approximate surface area is 61.8 Å². The minimum absolute atomic E-state index is 0.0155. The largest absolute Gasteiger partial charge is 0.380 e. The van der Waals surface area contributed by atoms with Gasteiger partial charge < -0.3 is 10.1 Å². The number of ether oxygens (including phenoxy) is 1. The van der Waals surface area contributed by atoms with E-state index in [1.807, 2.05) is 0 Å². The summed E-state index contributed by atoms with van der Waals surface area (Å²) in [5.74, 6) is -0.0155. The van der Waals surface area contributed by atoms with E-state index in [2.05, 4.69) is 12.2 Å². The summed E-state index contributed by atoms with van der Waals surface area (Å²) in [6, 6.07) is 0. The van der Waals surface area contributed by atoms with Gasteiger partial charge in [0.25, 0.3) is 0 Å². The molecule has 0 aliphatic carbocycles. The molecule has 0 aliphatic rings. The fourth-order valence-electron chi connectivity index (χ4n) is 0.503. The number of nitrogens with one attached hydrogen (secondary N) is 1. The lowest BCUT2D eigenvalue weighted by molar-refractivity contribution is -0.119. The van der Waals surface area contributed by atoms with Crippen LogP contribution in [0, 0.1) is 6.92 Å². The van der Waals surface area contributed by atoms with Crippen LogP contribution in [0.2, 0.25) is 0 Å². The molecule has 0 heterocycles. The first-order chi connectivity index (χ1) is 4.77. The molecule has 1 N–H and O–H groups in total. The molecule has 0 aromatic carbocycles. The van der Waals surface area contributed by atoms with Crippen LogP contribution in [-0.4, -0.2) is 25.7 Å². The van der Waals surface area contributed by atoms with Gasteiger partial charge in [-0.2, -0.15) is 0 Å². The molecule has 0 saturated carbocycles. The Hall–Kier alpha value is -0.570. The molecule has 10 heavy (non-hydrogen) atoms. The SMILES string of the molecule is [CH2]CCOCCNC(C)=O. The Morgan fingerprint density at radius 3 is 2.80 bits per heavy atom. The smallest absolute Gasteiger partial charge is 0.216 e. The van der Waals surface area contributed by atoms with Crippen LogP contribution in [0.3, 0.4) is 0 Å². The average molecular weight is 144 g/mol. The first-order valence-electron chi connectivity index (χ1n) is 3.39. The van der Waals surface area contributed by atoms with E-state index < -0.39 is 0 Å². The van der Waals surface area contributed by atoms with Crippen molar-refractivity contribution in [1.82, 2.24) is 5.32 Å². The highest BCUT2D eigenvalue weighted by Gasteiger charge is 1.88. The van der Waals surface area contributed by atoms with Crippen molar-refractivity contribution in [2.24, 2.45) is 0 Å². The molecule has 0 aromatic heterocycles. The Balaban J connectivity index is 2.84. The molecule has 0 aliphatic heterocycles. The second-order valence-corrected chi connectivity index (χ2v) is 1.95. The molecule has 0 rings (SSSR count). The van der Waals surface area contributed by atoms with Crippen LogP contribution in [0.25, 0.3) is 0 Å². The van der Waals surface area contributed by atoms with Gasteiger partial charge in [0.2, 0.25) is 5.91 Å². The number of carbonyl (C=O) groups is 1. The van der Waals surface area contributed by atoms with Gasteiger partial charge in [-0.25, -0.2) is 0 Å². The van der Waals surface area contributed by atoms with E-state index in [9.17, 15) is 4.79 Å². The van der Waals surface area contributed by atoms with Crippen molar-refractivity contribution < 1.29 is 9.53 Å². The monoisotopic (exact) mass is 144 g/mol. The van der Waals surface area contributed by atoms with Gasteiger partial charge in [0.15, 0.2) is 0 Å². The van der Waals surface area contributed by atoms with Gasteiger partial charge >= 0.3 is 0 Å². The highest BCUT2D eigenvalue weighted by molar-refractivity contribution is 5.72. The zero-order valence-electron chi connectivity index (χ0n) is 6.35. The van der Waals surface area contributed by atoms with Crippen molar-refractivity contribution in [3.63, 3.8) is 0 Å². The average Bonchev–Trinajstić information content (AvgIpc) is 1.87. The van der Waals surface area contributed by atoms with Gasteiger partial charge in [-0.15, -0.1) is 0 Å². The maximum atomic E-state index is 10.3. The Bertz CT molecular complexity index is 93.6. The molecule has 0 fully saturated rings. The predicted molar refractivity (Wildman–Crippen MR) is 39.5 cm³/mol. The maximum Gasteiger partial charge on any atom is 0.216 e. The van der Waals surface area contributed by atoms with Gasteiger partial charge in [0.1, 0.15) is 0 Å². The van der Waals surface area contributed by atoms with Gasteiger partial charge in [-0.1, -0.05) is 6.92 Å². The third-order valence-electron chi connectivity index (χ3n) is 0.909. The standard InChI is InChI=1S/C7H14NO2/c1-3-5-10-6-4-8-7(2)9/h1,3-6H2,2H3,(H,8,9). The first kappa shape index (κ1) is 9.43. The Morgan fingerprint density at radius 2 is 2.30 bits per heavy atom. The lowest BCUT2D eigenvalue weighted by Gasteiger charge is -2.01. The second-order valence-electron chi connectivity index (χ2n) is 1.95. The van der Waals surface area contributed by atoms with E-state index in [1.54, 1.807) is 0 Å². The number of hydrogen-bond donors (Lipinski definition) is 1. The van der Waals surface area contributed by atoms with Gasteiger partial charge in [0.05, 0.1) is 6.61 Å². The lowest BCUT2D eigenvalue weighted by atomic mass is 10.5. The van der Waals surface area contributed by atoms with E-state index in [0.717, 1.165) is 6.42 Å². The van der Waals surface area contributed by atoms with Gasteiger partial charge in [0, 0.05) is 20.1 Å². The van der Waals surface area contributed by atoms with Crippen molar-refractivity contribution in [2.75, 3.05) is 19.8 Å². The molecule has 0 spiro atoms. The minimum Gasteiger partial charge on any atom is -0.380 e. The molecular weight excluding hydrogens is 130 g/mol. The minimum atomic E-state index is -0.0155. The van der Waals surface area contributed by atoms with Crippen LogP contribution in [-0.2, 0) is 9.53 Å². The van der Waals surface area contributed by atoms with Crippen molar-refractivity contribution in [2.45, 2.75) is 13.3 Å². The predicted octanol–water partition coefficient (Wildman–Crippen LogP) is 0.363. The lowest BCUT2D eigenvalue weighted by Crippen LogP contribution is -2.24. The number of carbonyl (C=O) groups excluding carboxylic acids is 1. The Morgan fingerprint density at radius 1 is 1.60 bits per heavy atom. The van der Waals surface area contributed by atoms with Crippen LogP contribution >= 0.6 is 0 Å². The van der Waals surface area contributed by atoms with Crippen LogP contribution in [0.1, 0.15) is 13.3 Å². The van der Waals surface area contributed by atoms with Crippen molar-refractivity contribution in [1.29, 1.82) is 0 Å². The highest BCUT2D eigenvalue weighted by atomic mass is 16.5. The number of amides is 1. The summed E-state index contributed by atoms with van der Waals surface area (Å²) in [6.07, 6.45) is 0.778. The molecule has 1 amide bonds. The van der Waals surface area contributed by atoms with Crippen LogP contribution in [0.4, 0.5) is 0 Å². The molecule has 0 bridgehead atoms. The second kappa shape index (κ2) is 6.55. The molecule has 1 radical (unpaired) electrons. The molecular formula is C7H14NO2. The highest BCUT2D eigenvalue weighted by Crippen LogP contribution is 1.77. The quantitative estimate of drug-likeness (QED) is 0.566. The summed E-state index contributed by atoms with van der Waals surface area (Å²) < 4.78 is 5.06. The summed E-state index contributed by atoms with van der Waals surface area (Å²) >= 11 is 0. The number of rotatable bonds is 5. The summed E-state index contributed by atoms with van der Waals surface area (Å²) in [5.41, 5.74) is 0. The maximum absolute atomic E-state index is 10.3. The fourth-order valence-corrected chi connectivity index (χ4v) is 0.503. The third kappa shape index (κ3) is 7.43. The van der Waals surface area contributed by atoms with Crippen molar-refractivity contribution >= 4 is 5.91 Å². The summed E-state index contributed by atoms with van der Waals surface area (Å²) in [6.45, 7) is 6.93. The van der Waals surface area contributed by atoms with E-state index in [4.69, 9.17) is 4.74 Å². The molecule has 0 saturated heterocycles. The van der Waals surface area contributed by atoms with Crippen molar-refractivity contribution in [3.8, 4) is 0 Å². The third-order valence-corrected chi connectivity index (χ3v) is 0.909. The Kier molecular flexibility index (Phi) is 6.18. The number of hydrogen-bond acceptors (Lipinski definition) is 2. The topological polar surface area (TPSA) is 38.3 Å². The van der Waals surface area contributed by atoms with Crippen molar-refractivity contribution in [3.05, 3.63) is 6.92 Å². The first-order valence-corrected chi connectivity index (χ1v) is 3.39. The zero-order valence-corrected chi connectivity index (χ0v) is 6.35. The van der Waals surface area contributed by atoms with Gasteiger partial charge in [-0.05, 0) is 6.42 Å². The van der Waals surface area contributed by atoms with E-state index in [-0.39, 0.29) is 5.91 Å². The summed E-state index contributed by atoms with van der Waals surface area (Å²) in [7, 11) is 0. The molecule has 3 nitrogen and oxygen atoms in total. The molecule has 59 valence electrons. The summed E-state index contributed by atoms with van der Waals surface area (Å²) in [5, 5.41) is 2.62. The van der Waals surface area contributed by atoms with E-state index in [1.165, 1.54) is 6.92 Å². The summed E-state index contributed by atoms with van der Waals surface area (Å²) in [4.78, 5) is 10.3. The molecule has 0 atom stereocenters. The van der Waals surface area contributed by atoms with Crippen LogP contribution < -0.4 is 5.32 Å². The molecule has 3 heteroatoms. The van der Waals surface area contributed by atoms with Crippen LogP contribution in [0.5, 0.6) is 0 Å². The van der Waals surface area contributed by atoms with E-state index in [0.29, 0.717) is 19.8 Å². The molecule has 0 unspecified atom stereocenters.